The molecule has 0 aliphatic rings. The second-order valence-electron chi connectivity index (χ2n) is 3.49. The standard InChI is InChI=1S/C10H17N5O/c1-4-5-11-10(16)8(2)12-6-9-14-13-7-15(9)3/h4,7-8,12H,1,5-6H2,2-3H3,(H,11,16). The lowest BCUT2D eigenvalue weighted by Crippen LogP contribution is -2.42. The van der Waals surface area contributed by atoms with Gasteiger partial charge in [0, 0.05) is 13.6 Å². The molecule has 1 unspecified atom stereocenters. The van der Waals surface area contributed by atoms with Crippen molar-refractivity contribution in [3.63, 3.8) is 0 Å². The molecule has 0 aliphatic carbocycles. The van der Waals surface area contributed by atoms with E-state index in [1.807, 2.05) is 7.05 Å². The number of carbonyl (C=O) groups excluding carboxylic acids is 1. The number of aryl methyl sites for hydroxylation is 1. The van der Waals surface area contributed by atoms with Crippen LogP contribution in [0, 0.1) is 0 Å². The molecule has 1 rings (SSSR count). The van der Waals surface area contributed by atoms with Crippen LogP contribution in [0.25, 0.3) is 0 Å². The van der Waals surface area contributed by atoms with Crippen LogP contribution in [0.15, 0.2) is 19.0 Å². The van der Waals surface area contributed by atoms with Crippen molar-refractivity contribution in [2.45, 2.75) is 19.5 Å². The van der Waals surface area contributed by atoms with E-state index in [1.165, 1.54) is 0 Å². The van der Waals surface area contributed by atoms with Gasteiger partial charge < -0.3 is 9.88 Å². The van der Waals surface area contributed by atoms with Gasteiger partial charge in [0.05, 0.1) is 12.6 Å². The molecule has 1 atom stereocenters. The van der Waals surface area contributed by atoms with Gasteiger partial charge in [0.2, 0.25) is 5.91 Å². The predicted molar refractivity (Wildman–Crippen MR) is 60.5 cm³/mol. The lowest BCUT2D eigenvalue weighted by atomic mass is 10.3. The van der Waals surface area contributed by atoms with Gasteiger partial charge in [-0.1, -0.05) is 6.08 Å². The normalized spacial score (nSPS) is 12.1. The van der Waals surface area contributed by atoms with Gasteiger partial charge in [-0.2, -0.15) is 0 Å². The Labute approximate surface area is 94.7 Å². The molecule has 1 aromatic heterocycles. The number of amides is 1. The number of nitrogens with zero attached hydrogens (tertiary/aromatic N) is 3. The molecule has 0 aliphatic heterocycles. The number of hydrogen-bond acceptors (Lipinski definition) is 4. The molecule has 0 spiro atoms. The highest BCUT2D eigenvalue weighted by Gasteiger charge is 2.11. The summed E-state index contributed by atoms with van der Waals surface area (Å²) in [5.41, 5.74) is 0. The molecule has 0 aromatic carbocycles. The molecule has 0 saturated heterocycles. The van der Waals surface area contributed by atoms with Crippen molar-refractivity contribution in [1.29, 1.82) is 0 Å². The van der Waals surface area contributed by atoms with E-state index >= 15 is 0 Å². The molecule has 0 fully saturated rings. The van der Waals surface area contributed by atoms with Gasteiger partial charge in [-0.25, -0.2) is 0 Å². The van der Waals surface area contributed by atoms with Crippen LogP contribution in [0.2, 0.25) is 0 Å². The van der Waals surface area contributed by atoms with E-state index in [4.69, 9.17) is 0 Å². The van der Waals surface area contributed by atoms with Crippen molar-refractivity contribution < 1.29 is 4.79 Å². The zero-order valence-corrected chi connectivity index (χ0v) is 9.60. The topological polar surface area (TPSA) is 71.8 Å². The molecular weight excluding hydrogens is 206 g/mol. The van der Waals surface area contributed by atoms with Crippen LogP contribution < -0.4 is 10.6 Å². The summed E-state index contributed by atoms with van der Waals surface area (Å²) >= 11 is 0. The second-order valence-corrected chi connectivity index (χ2v) is 3.49. The molecule has 88 valence electrons. The van der Waals surface area contributed by atoms with Crippen molar-refractivity contribution in [1.82, 2.24) is 25.4 Å². The Balaban J connectivity index is 2.35. The van der Waals surface area contributed by atoms with Crippen LogP contribution in [0.4, 0.5) is 0 Å². The highest BCUT2D eigenvalue weighted by molar-refractivity contribution is 5.81. The molecule has 1 aromatic rings. The van der Waals surface area contributed by atoms with Crippen molar-refractivity contribution in [2.24, 2.45) is 7.05 Å². The first-order chi connectivity index (χ1) is 7.65. The molecule has 6 nitrogen and oxygen atoms in total. The summed E-state index contributed by atoms with van der Waals surface area (Å²) in [5, 5.41) is 13.4. The van der Waals surface area contributed by atoms with Gasteiger partial charge in [0.25, 0.3) is 0 Å². The summed E-state index contributed by atoms with van der Waals surface area (Å²) in [6.07, 6.45) is 3.27. The molecule has 0 bridgehead atoms. The molecule has 1 amide bonds. The summed E-state index contributed by atoms with van der Waals surface area (Å²) in [4.78, 5) is 11.5. The van der Waals surface area contributed by atoms with Gasteiger partial charge in [0.15, 0.2) is 0 Å². The Bertz CT molecular complexity index is 360. The molecule has 1 heterocycles. The molecular formula is C10H17N5O. The summed E-state index contributed by atoms with van der Waals surface area (Å²) in [6.45, 7) is 6.33. The third-order valence-electron chi connectivity index (χ3n) is 2.19. The van der Waals surface area contributed by atoms with Crippen LogP contribution in [-0.2, 0) is 18.4 Å². The second kappa shape index (κ2) is 6.02. The van der Waals surface area contributed by atoms with E-state index in [1.54, 1.807) is 23.9 Å². The predicted octanol–water partition coefficient (Wildman–Crippen LogP) is -0.405. The van der Waals surface area contributed by atoms with Crippen LogP contribution >= 0.6 is 0 Å². The molecule has 6 heteroatoms. The van der Waals surface area contributed by atoms with E-state index in [9.17, 15) is 4.79 Å². The van der Waals surface area contributed by atoms with Gasteiger partial charge in [-0.3, -0.25) is 10.1 Å². The Hall–Kier alpha value is -1.69. The fourth-order valence-corrected chi connectivity index (χ4v) is 1.13. The first-order valence-corrected chi connectivity index (χ1v) is 5.10. The van der Waals surface area contributed by atoms with Crippen molar-refractivity contribution >= 4 is 5.91 Å². The van der Waals surface area contributed by atoms with Gasteiger partial charge in [-0.15, -0.1) is 16.8 Å². The summed E-state index contributed by atoms with van der Waals surface area (Å²) < 4.78 is 1.81. The quantitative estimate of drug-likeness (QED) is 0.643. The molecule has 2 N–H and O–H groups in total. The minimum absolute atomic E-state index is 0.0536. The number of carbonyl (C=O) groups is 1. The Morgan fingerprint density at radius 2 is 2.50 bits per heavy atom. The van der Waals surface area contributed by atoms with Crippen LogP contribution in [0.1, 0.15) is 12.7 Å². The van der Waals surface area contributed by atoms with Crippen molar-refractivity contribution in [3.8, 4) is 0 Å². The maximum atomic E-state index is 11.5. The maximum absolute atomic E-state index is 11.5. The van der Waals surface area contributed by atoms with Crippen LogP contribution in [0.5, 0.6) is 0 Å². The third kappa shape index (κ3) is 3.47. The Kier molecular flexibility index (Phi) is 4.65. The smallest absolute Gasteiger partial charge is 0.237 e. The first kappa shape index (κ1) is 12.4. The third-order valence-corrected chi connectivity index (χ3v) is 2.19. The van der Waals surface area contributed by atoms with Crippen molar-refractivity contribution in [2.75, 3.05) is 6.54 Å². The highest BCUT2D eigenvalue weighted by atomic mass is 16.2. The highest BCUT2D eigenvalue weighted by Crippen LogP contribution is 1.92. The number of rotatable bonds is 6. The number of hydrogen-bond donors (Lipinski definition) is 2. The first-order valence-electron chi connectivity index (χ1n) is 5.10. The fourth-order valence-electron chi connectivity index (χ4n) is 1.13. The van der Waals surface area contributed by atoms with Gasteiger partial charge >= 0.3 is 0 Å². The molecule has 16 heavy (non-hydrogen) atoms. The van der Waals surface area contributed by atoms with Crippen LogP contribution in [-0.4, -0.2) is 33.3 Å². The Morgan fingerprint density at radius 3 is 3.06 bits per heavy atom. The summed E-state index contributed by atoms with van der Waals surface area (Å²) in [6, 6.07) is -0.267. The zero-order chi connectivity index (χ0) is 12.0. The van der Waals surface area contributed by atoms with Gasteiger partial charge in [-0.05, 0) is 6.92 Å². The Morgan fingerprint density at radius 1 is 1.75 bits per heavy atom. The lowest BCUT2D eigenvalue weighted by Gasteiger charge is -2.12. The number of aromatic nitrogens is 3. The zero-order valence-electron chi connectivity index (χ0n) is 9.60. The van der Waals surface area contributed by atoms with E-state index in [-0.39, 0.29) is 11.9 Å². The van der Waals surface area contributed by atoms with E-state index < -0.39 is 0 Å². The fraction of sp³-hybridized carbons (Fsp3) is 0.500. The van der Waals surface area contributed by atoms with Crippen LogP contribution in [0.3, 0.4) is 0 Å². The molecule has 0 radical (unpaired) electrons. The van der Waals surface area contributed by atoms with E-state index in [0.717, 1.165) is 5.82 Å². The summed E-state index contributed by atoms with van der Waals surface area (Å²) in [5.74, 6) is 0.741. The minimum Gasteiger partial charge on any atom is -0.351 e. The van der Waals surface area contributed by atoms with Gasteiger partial charge in [0.1, 0.15) is 12.2 Å². The monoisotopic (exact) mass is 223 g/mol. The average molecular weight is 223 g/mol. The average Bonchev–Trinajstić information content (AvgIpc) is 2.68. The SMILES string of the molecule is C=CCNC(=O)C(C)NCc1nncn1C. The van der Waals surface area contributed by atoms with E-state index in [2.05, 4.69) is 27.4 Å². The van der Waals surface area contributed by atoms with Crippen molar-refractivity contribution in [3.05, 3.63) is 24.8 Å². The largest absolute Gasteiger partial charge is 0.351 e. The maximum Gasteiger partial charge on any atom is 0.237 e. The lowest BCUT2D eigenvalue weighted by molar-refractivity contribution is -0.122. The molecule has 0 saturated carbocycles. The van der Waals surface area contributed by atoms with E-state index in [0.29, 0.717) is 13.1 Å². The minimum atomic E-state index is -0.267. The number of nitrogens with one attached hydrogen (secondary N) is 2. The summed E-state index contributed by atoms with van der Waals surface area (Å²) in [7, 11) is 1.86.